The summed E-state index contributed by atoms with van der Waals surface area (Å²) >= 11 is 0. The topological polar surface area (TPSA) is 86.7 Å². The van der Waals surface area contributed by atoms with Crippen molar-refractivity contribution >= 4 is 27.4 Å². The molecule has 2 N–H and O–H groups in total. The summed E-state index contributed by atoms with van der Waals surface area (Å²) in [7, 11) is -3.87. The highest BCUT2D eigenvalue weighted by Gasteiger charge is 2.22. The molecule has 1 saturated heterocycles. The van der Waals surface area contributed by atoms with E-state index in [0.717, 1.165) is 43.6 Å². The lowest BCUT2D eigenvalue weighted by Gasteiger charge is -2.33. The van der Waals surface area contributed by atoms with E-state index in [2.05, 4.69) is 16.5 Å². The van der Waals surface area contributed by atoms with Crippen LogP contribution in [-0.2, 0) is 16.4 Å². The molecule has 0 aromatic heterocycles. The van der Waals surface area contributed by atoms with E-state index >= 15 is 0 Å². The van der Waals surface area contributed by atoms with Crippen LogP contribution in [0.25, 0.3) is 0 Å². The van der Waals surface area contributed by atoms with E-state index in [1.165, 1.54) is 18.2 Å². The molecule has 1 heterocycles. The highest BCUT2D eigenvalue weighted by Crippen LogP contribution is 2.28. The minimum atomic E-state index is -3.87. The lowest BCUT2D eigenvalue weighted by molar-refractivity contribution is 0.0698. The van der Waals surface area contributed by atoms with Crippen molar-refractivity contribution in [3.63, 3.8) is 0 Å². The Bertz CT molecular complexity index is 955. The molecule has 1 unspecified atom stereocenters. The molecular weight excluding hydrogens is 376 g/mol. The van der Waals surface area contributed by atoms with E-state index in [1.54, 1.807) is 24.3 Å². The monoisotopic (exact) mass is 402 g/mol. The lowest BCUT2D eigenvalue weighted by atomic mass is 9.99. The van der Waals surface area contributed by atoms with Crippen LogP contribution < -0.4 is 9.62 Å². The minimum absolute atomic E-state index is 0.0514. The van der Waals surface area contributed by atoms with Crippen molar-refractivity contribution in [3.8, 4) is 0 Å². The second-order valence-electron chi connectivity index (χ2n) is 7.33. The van der Waals surface area contributed by atoms with E-state index in [9.17, 15) is 18.3 Å². The van der Waals surface area contributed by atoms with Gasteiger partial charge in [-0.25, -0.2) is 13.2 Å². The molecule has 6 nitrogen and oxygen atoms in total. The number of hydrogen-bond donors (Lipinski definition) is 2. The van der Waals surface area contributed by atoms with Crippen molar-refractivity contribution in [1.29, 1.82) is 0 Å². The number of benzene rings is 2. The third-order valence-corrected chi connectivity index (χ3v) is 6.52. The molecule has 3 rings (SSSR count). The number of nitrogens with zero attached hydrogens (tertiary/aromatic N) is 1. The van der Waals surface area contributed by atoms with Crippen molar-refractivity contribution in [2.24, 2.45) is 5.92 Å². The summed E-state index contributed by atoms with van der Waals surface area (Å²) in [6, 6.07) is 11.5. The molecular formula is C21H26N2O4S. The zero-order valence-electron chi connectivity index (χ0n) is 16.2. The van der Waals surface area contributed by atoms with Gasteiger partial charge in [0.25, 0.3) is 10.0 Å². The number of anilines is 2. The van der Waals surface area contributed by atoms with Gasteiger partial charge in [0, 0.05) is 18.8 Å². The maximum atomic E-state index is 12.7. The Morgan fingerprint density at radius 2 is 1.93 bits per heavy atom. The van der Waals surface area contributed by atoms with Crippen molar-refractivity contribution in [3.05, 3.63) is 53.6 Å². The van der Waals surface area contributed by atoms with Gasteiger partial charge in [-0.15, -0.1) is 0 Å². The first-order valence-corrected chi connectivity index (χ1v) is 11.0. The molecule has 1 aliphatic rings. The largest absolute Gasteiger partial charge is 0.478 e. The smallest absolute Gasteiger partial charge is 0.337 e. The van der Waals surface area contributed by atoms with Gasteiger partial charge in [-0.05, 0) is 61.1 Å². The number of carboxylic acid groups (broad SMARTS) is 1. The third-order valence-electron chi connectivity index (χ3n) is 5.14. The Hall–Kier alpha value is -2.54. The third kappa shape index (κ3) is 4.47. The average molecular weight is 403 g/mol. The number of sulfonamides is 1. The number of carbonyl (C=O) groups is 1. The first-order chi connectivity index (χ1) is 13.3. The molecule has 1 atom stereocenters. The fourth-order valence-electron chi connectivity index (χ4n) is 3.53. The number of carboxylic acids is 1. The summed E-state index contributed by atoms with van der Waals surface area (Å²) in [5.41, 5.74) is 1.86. The van der Waals surface area contributed by atoms with Crippen LogP contribution in [0.5, 0.6) is 0 Å². The number of hydrogen-bond acceptors (Lipinski definition) is 4. The Balaban J connectivity index is 1.89. The maximum Gasteiger partial charge on any atom is 0.337 e. The van der Waals surface area contributed by atoms with Gasteiger partial charge in [-0.2, -0.15) is 0 Å². The van der Waals surface area contributed by atoms with Gasteiger partial charge in [0.2, 0.25) is 0 Å². The first kappa shape index (κ1) is 20.2. The molecule has 2 aromatic carbocycles. The van der Waals surface area contributed by atoms with Crippen LogP contribution in [0.4, 0.5) is 11.4 Å². The van der Waals surface area contributed by atoms with Crippen LogP contribution in [0, 0.1) is 5.92 Å². The molecule has 150 valence electrons. The van der Waals surface area contributed by atoms with E-state index < -0.39 is 16.0 Å². The average Bonchev–Trinajstić information content (AvgIpc) is 2.68. The number of piperidine rings is 1. The van der Waals surface area contributed by atoms with Gasteiger partial charge in [0.1, 0.15) is 0 Å². The first-order valence-electron chi connectivity index (χ1n) is 9.54. The van der Waals surface area contributed by atoms with Crippen LogP contribution in [0.1, 0.15) is 42.6 Å². The lowest BCUT2D eigenvalue weighted by Crippen LogP contribution is -2.34. The van der Waals surface area contributed by atoms with Crippen molar-refractivity contribution in [2.45, 2.75) is 38.0 Å². The summed E-state index contributed by atoms with van der Waals surface area (Å²) in [6.07, 6.45) is 3.04. The fourth-order valence-corrected chi connectivity index (χ4v) is 4.61. The van der Waals surface area contributed by atoms with E-state index in [1.807, 2.05) is 6.92 Å². The summed E-state index contributed by atoms with van der Waals surface area (Å²) < 4.78 is 27.8. The fraction of sp³-hybridized carbons (Fsp3) is 0.381. The predicted molar refractivity (Wildman–Crippen MR) is 111 cm³/mol. The zero-order valence-corrected chi connectivity index (χ0v) is 17.0. The summed E-state index contributed by atoms with van der Waals surface area (Å²) in [5, 5.41) is 9.62. The van der Waals surface area contributed by atoms with Crippen molar-refractivity contribution in [2.75, 3.05) is 22.7 Å². The number of nitrogens with one attached hydrogen (secondary N) is 1. The number of rotatable bonds is 6. The normalized spacial score (nSPS) is 17.4. The maximum absolute atomic E-state index is 12.7. The summed E-state index contributed by atoms with van der Waals surface area (Å²) in [5.74, 6) is -0.614. The minimum Gasteiger partial charge on any atom is -0.478 e. The molecule has 2 aromatic rings. The van der Waals surface area contributed by atoms with Crippen LogP contribution >= 0.6 is 0 Å². The molecule has 0 radical (unpaired) electrons. The van der Waals surface area contributed by atoms with Gasteiger partial charge >= 0.3 is 5.97 Å². The molecule has 0 saturated carbocycles. The van der Waals surface area contributed by atoms with Gasteiger partial charge in [0.15, 0.2) is 0 Å². The van der Waals surface area contributed by atoms with E-state index in [-0.39, 0.29) is 16.1 Å². The molecule has 0 bridgehead atoms. The quantitative estimate of drug-likeness (QED) is 0.763. The standard InChI is InChI=1S/C21H26N2O4S/c1-3-16-6-9-18(10-7-16)28(26,27)22-20-11-8-17(13-19(20)21(24)25)23-12-4-5-15(2)14-23/h6-11,13,15,22H,3-5,12,14H2,1-2H3,(H,24,25). The van der Waals surface area contributed by atoms with Crippen LogP contribution in [0.3, 0.4) is 0 Å². The summed E-state index contributed by atoms with van der Waals surface area (Å²) in [6.45, 7) is 5.91. The van der Waals surface area contributed by atoms with Gasteiger partial charge < -0.3 is 10.0 Å². The molecule has 0 amide bonds. The summed E-state index contributed by atoms with van der Waals surface area (Å²) in [4.78, 5) is 14.0. The molecule has 28 heavy (non-hydrogen) atoms. The zero-order chi connectivity index (χ0) is 20.3. The number of aromatic carboxylic acids is 1. The van der Waals surface area contributed by atoms with Crippen LogP contribution in [0.15, 0.2) is 47.4 Å². The molecule has 1 fully saturated rings. The predicted octanol–water partition coefficient (Wildman–Crippen LogP) is 3.98. The highest BCUT2D eigenvalue weighted by atomic mass is 32.2. The van der Waals surface area contributed by atoms with E-state index in [0.29, 0.717) is 5.92 Å². The Morgan fingerprint density at radius 3 is 2.54 bits per heavy atom. The Labute approximate surface area is 166 Å². The van der Waals surface area contributed by atoms with Crippen molar-refractivity contribution in [1.82, 2.24) is 0 Å². The number of aryl methyl sites for hydroxylation is 1. The Morgan fingerprint density at radius 1 is 1.21 bits per heavy atom. The van der Waals surface area contributed by atoms with Crippen LogP contribution in [0.2, 0.25) is 0 Å². The van der Waals surface area contributed by atoms with Crippen molar-refractivity contribution < 1.29 is 18.3 Å². The van der Waals surface area contributed by atoms with Gasteiger partial charge in [-0.1, -0.05) is 26.0 Å². The van der Waals surface area contributed by atoms with E-state index in [4.69, 9.17) is 0 Å². The molecule has 1 aliphatic heterocycles. The van der Waals surface area contributed by atoms with Gasteiger partial charge in [-0.3, -0.25) is 4.72 Å². The van der Waals surface area contributed by atoms with Gasteiger partial charge in [0.05, 0.1) is 16.1 Å². The molecule has 0 spiro atoms. The molecule has 0 aliphatic carbocycles. The Kier molecular flexibility index (Phi) is 5.93. The second-order valence-corrected chi connectivity index (χ2v) is 9.01. The SMILES string of the molecule is CCc1ccc(S(=O)(=O)Nc2ccc(N3CCCC(C)C3)cc2C(=O)O)cc1. The highest BCUT2D eigenvalue weighted by molar-refractivity contribution is 7.92. The molecule has 7 heteroatoms. The van der Waals surface area contributed by atoms with Crippen LogP contribution in [-0.4, -0.2) is 32.6 Å². The second kappa shape index (κ2) is 8.22.